The van der Waals surface area contributed by atoms with Crippen LogP contribution in [-0.2, 0) is 22.6 Å². The third kappa shape index (κ3) is 5.54. The number of hydrogen-bond donors (Lipinski definition) is 0. The van der Waals surface area contributed by atoms with E-state index in [2.05, 4.69) is 4.98 Å². The van der Waals surface area contributed by atoms with Crippen molar-refractivity contribution in [1.29, 1.82) is 0 Å². The van der Waals surface area contributed by atoms with Gasteiger partial charge in [0.05, 0.1) is 44.1 Å². The maximum atomic E-state index is 13.0. The number of amides is 1. The molecule has 33 heavy (non-hydrogen) atoms. The average molecular weight is 472 g/mol. The zero-order chi connectivity index (χ0) is 23.2. The summed E-state index contributed by atoms with van der Waals surface area (Å²) in [5, 5.41) is 2.48. The van der Waals surface area contributed by atoms with Crippen LogP contribution in [0.4, 0.5) is 0 Å². The van der Waals surface area contributed by atoms with Crippen LogP contribution in [0.25, 0.3) is 10.9 Å². The molecule has 1 unspecified atom stereocenters. The summed E-state index contributed by atoms with van der Waals surface area (Å²) in [5.74, 6) is 1.08. The molecular formula is C24H29N3O5S. The first-order valence-electron chi connectivity index (χ1n) is 11.1. The minimum absolute atomic E-state index is 0.0760. The molecule has 1 saturated heterocycles. The van der Waals surface area contributed by atoms with E-state index in [-0.39, 0.29) is 17.6 Å². The third-order valence-electron chi connectivity index (χ3n) is 5.85. The molecule has 0 radical (unpaired) electrons. The first-order valence-corrected chi connectivity index (χ1v) is 12.0. The Morgan fingerprint density at radius 1 is 1.30 bits per heavy atom. The number of aromatic nitrogens is 2. The zero-order valence-electron chi connectivity index (χ0n) is 19.0. The topological polar surface area (TPSA) is 82.9 Å². The van der Waals surface area contributed by atoms with E-state index >= 15 is 0 Å². The molecule has 1 aliphatic heterocycles. The molecule has 1 fully saturated rings. The van der Waals surface area contributed by atoms with Gasteiger partial charge in [-0.05, 0) is 36.8 Å². The quantitative estimate of drug-likeness (QED) is 0.450. The number of rotatable bonds is 10. The van der Waals surface area contributed by atoms with Gasteiger partial charge in [-0.25, -0.2) is 4.98 Å². The average Bonchev–Trinajstić information content (AvgIpc) is 3.54. The van der Waals surface area contributed by atoms with Crippen LogP contribution in [0.1, 0.15) is 30.6 Å². The van der Waals surface area contributed by atoms with Gasteiger partial charge in [0.15, 0.2) is 11.5 Å². The minimum Gasteiger partial charge on any atom is -0.493 e. The van der Waals surface area contributed by atoms with E-state index in [1.54, 1.807) is 35.1 Å². The molecule has 2 aromatic heterocycles. The molecule has 1 aliphatic rings. The lowest BCUT2D eigenvalue weighted by atomic mass is 10.2. The highest BCUT2D eigenvalue weighted by Gasteiger charge is 2.23. The van der Waals surface area contributed by atoms with E-state index in [1.807, 2.05) is 22.4 Å². The molecule has 3 aromatic rings. The fourth-order valence-corrected chi connectivity index (χ4v) is 4.80. The van der Waals surface area contributed by atoms with Crippen LogP contribution in [0.2, 0.25) is 0 Å². The molecular weight excluding hydrogens is 442 g/mol. The zero-order valence-corrected chi connectivity index (χ0v) is 19.8. The number of ether oxygens (including phenoxy) is 3. The first-order chi connectivity index (χ1) is 16.1. The maximum Gasteiger partial charge on any atom is 0.261 e. The Morgan fingerprint density at radius 2 is 2.12 bits per heavy atom. The predicted octanol–water partition coefficient (Wildman–Crippen LogP) is 3.46. The summed E-state index contributed by atoms with van der Waals surface area (Å²) in [4.78, 5) is 33.4. The van der Waals surface area contributed by atoms with Gasteiger partial charge in [-0.3, -0.25) is 14.2 Å². The molecule has 8 nitrogen and oxygen atoms in total. The van der Waals surface area contributed by atoms with Crippen molar-refractivity contribution in [1.82, 2.24) is 14.5 Å². The Hall–Kier alpha value is -2.91. The van der Waals surface area contributed by atoms with Crippen LogP contribution in [0, 0.1) is 0 Å². The highest BCUT2D eigenvalue weighted by atomic mass is 32.1. The molecule has 1 aromatic carbocycles. The van der Waals surface area contributed by atoms with Gasteiger partial charge >= 0.3 is 0 Å². The number of aryl methyl sites for hydroxylation is 1. The summed E-state index contributed by atoms with van der Waals surface area (Å²) in [6.45, 7) is 2.38. The normalized spacial score (nSPS) is 15.6. The Labute approximate surface area is 196 Å². The second-order valence-electron chi connectivity index (χ2n) is 8.06. The SMILES string of the molecule is COc1cc2ncn(CCCC(=O)N(Cc3cccs3)CC3CCCO3)c(=O)c2cc1OC. The van der Waals surface area contributed by atoms with Crippen molar-refractivity contribution in [2.24, 2.45) is 0 Å². The van der Waals surface area contributed by atoms with Gasteiger partial charge in [0.1, 0.15) is 0 Å². The van der Waals surface area contributed by atoms with E-state index in [4.69, 9.17) is 14.2 Å². The molecule has 1 amide bonds. The van der Waals surface area contributed by atoms with Crippen molar-refractivity contribution in [3.8, 4) is 11.5 Å². The van der Waals surface area contributed by atoms with Crippen molar-refractivity contribution >= 4 is 28.1 Å². The monoisotopic (exact) mass is 471 g/mol. The first kappa shape index (κ1) is 23.3. The number of carbonyl (C=O) groups excluding carboxylic acids is 1. The molecule has 1 atom stereocenters. The van der Waals surface area contributed by atoms with E-state index in [1.165, 1.54) is 13.4 Å². The van der Waals surface area contributed by atoms with E-state index in [0.717, 1.165) is 24.3 Å². The fraction of sp³-hybridized carbons (Fsp3) is 0.458. The van der Waals surface area contributed by atoms with Crippen LogP contribution in [0.15, 0.2) is 40.8 Å². The van der Waals surface area contributed by atoms with Gasteiger partial charge in [-0.15, -0.1) is 11.3 Å². The number of hydrogen-bond acceptors (Lipinski definition) is 7. The minimum atomic E-state index is -0.164. The molecule has 4 rings (SSSR count). The standard InChI is InChI=1S/C24H29N3O5S/c1-30-21-12-19-20(13-22(21)31-2)25-16-26(24(19)29)9-3-8-23(28)27(14-17-6-4-10-32-17)15-18-7-5-11-33-18/h5,7,11-13,16-17H,3-4,6,8-10,14-15H2,1-2H3. The molecule has 0 spiro atoms. The van der Waals surface area contributed by atoms with Crippen LogP contribution in [-0.4, -0.2) is 53.8 Å². The number of methoxy groups -OCH3 is 2. The Morgan fingerprint density at radius 3 is 2.82 bits per heavy atom. The highest BCUT2D eigenvalue weighted by molar-refractivity contribution is 7.09. The number of nitrogens with zero attached hydrogens (tertiary/aromatic N) is 3. The van der Waals surface area contributed by atoms with Gasteiger partial charge in [0, 0.05) is 37.1 Å². The van der Waals surface area contributed by atoms with Gasteiger partial charge in [0.25, 0.3) is 5.56 Å². The van der Waals surface area contributed by atoms with Gasteiger partial charge in [-0.2, -0.15) is 0 Å². The lowest BCUT2D eigenvalue weighted by Gasteiger charge is -2.25. The summed E-state index contributed by atoms with van der Waals surface area (Å²) in [6, 6.07) is 7.38. The second kappa shape index (κ2) is 10.8. The second-order valence-corrected chi connectivity index (χ2v) is 9.09. The third-order valence-corrected chi connectivity index (χ3v) is 6.71. The molecule has 0 aliphatic carbocycles. The van der Waals surface area contributed by atoms with Crippen LogP contribution in [0.5, 0.6) is 11.5 Å². The van der Waals surface area contributed by atoms with E-state index in [9.17, 15) is 9.59 Å². The van der Waals surface area contributed by atoms with E-state index in [0.29, 0.717) is 54.9 Å². The fourth-order valence-electron chi connectivity index (χ4n) is 4.08. The van der Waals surface area contributed by atoms with Crippen molar-refractivity contribution in [2.45, 2.75) is 44.9 Å². The van der Waals surface area contributed by atoms with Crippen LogP contribution >= 0.6 is 11.3 Å². The predicted molar refractivity (Wildman–Crippen MR) is 127 cm³/mol. The highest BCUT2D eigenvalue weighted by Crippen LogP contribution is 2.29. The largest absolute Gasteiger partial charge is 0.493 e. The van der Waals surface area contributed by atoms with Crippen molar-refractivity contribution < 1.29 is 19.0 Å². The lowest BCUT2D eigenvalue weighted by Crippen LogP contribution is -2.36. The lowest BCUT2D eigenvalue weighted by molar-refractivity contribution is -0.133. The summed E-state index contributed by atoms with van der Waals surface area (Å²) in [7, 11) is 3.07. The summed E-state index contributed by atoms with van der Waals surface area (Å²) < 4.78 is 17.9. The molecule has 0 saturated carbocycles. The maximum absolute atomic E-state index is 13.0. The van der Waals surface area contributed by atoms with Crippen LogP contribution < -0.4 is 15.0 Å². The molecule has 0 bridgehead atoms. The number of benzene rings is 1. The van der Waals surface area contributed by atoms with Gasteiger partial charge in [-0.1, -0.05) is 6.07 Å². The van der Waals surface area contributed by atoms with Crippen molar-refractivity contribution in [3.05, 3.63) is 51.2 Å². The Kier molecular flexibility index (Phi) is 7.61. The van der Waals surface area contributed by atoms with Crippen molar-refractivity contribution in [2.75, 3.05) is 27.4 Å². The molecule has 176 valence electrons. The number of thiophene rings is 1. The molecule has 0 N–H and O–H groups in total. The smallest absolute Gasteiger partial charge is 0.261 e. The Bertz CT molecular complexity index is 1140. The van der Waals surface area contributed by atoms with E-state index < -0.39 is 0 Å². The van der Waals surface area contributed by atoms with Gasteiger partial charge in [0.2, 0.25) is 5.91 Å². The van der Waals surface area contributed by atoms with Gasteiger partial charge < -0.3 is 19.1 Å². The molecule has 9 heteroatoms. The summed E-state index contributed by atoms with van der Waals surface area (Å²) >= 11 is 1.65. The summed E-state index contributed by atoms with van der Waals surface area (Å²) in [5.41, 5.74) is 0.381. The molecule has 3 heterocycles. The number of fused-ring (bicyclic) bond motifs is 1. The summed E-state index contributed by atoms with van der Waals surface area (Å²) in [6.07, 6.45) is 4.56. The number of carbonyl (C=O) groups is 1. The van der Waals surface area contributed by atoms with Crippen molar-refractivity contribution in [3.63, 3.8) is 0 Å². The van der Waals surface area contributed by atoms with Crippen LogP contribution in [0.3, 0.4) is 0 Å². The Balaban J connectivity index is 1.42.